The molecule has 2 fully saturated rings. The minimum Gasteiger partial charge on any atom is -0.506 e. The number of nitrogens with two attached hydrogens (primary N) is 1. The Morgan fingerprint density at radius 1 is 0.791 bits per heavy atom. The lowest BCUT2D eigenvalue weighted by Crippen LogP contribution is -2.62. The highest BCUT2D eigenvalue weighted by molar-refractivity contribution is 7.99. The first kappa shape index (κ1) is 65.7. The number of carbonyl (C=O) groups excluding carboxylic acids is 12. The van der Waals surface area contributed by atoms with E-state index in [2.05, 4.69) is 52.4 Å². The third-order valence-electron chi connectivity index (χ3n) is 16.1. The molecule has 12 amide bonds. The van der Waals surface area contributed by atoms with Gasteiger partial charge in [-0.1, -0.05) is 33.6 Å². The van der Waals surface area contributed by atoms with Crippen molar-refractivity contribution in [3.63, 3.8) is 0 Å². The van der Waals surface area contributed by atoms with Gasteiger partial charge in [-0.25, -0.2) is 0 Å². The van der Waals surface area contributed by atoms with Crippen molar-refractivity contribution in [3.8, 4) is 5.75 Å². The van der Waals surface area contributed by atoms with E-state index < -0.39 is 159 Å². The summed E-state index contributed by atoms with van der Waals surface area (Å²) in [6, 6.07) is -6.64. The van der Waals surface area contributed by atoms with Crippen molar-refractivity contribution < 1.29 is 78.0 Å². The number of thioether (sulfide) groups is 1. The smallest absolute Gasteiger partial charge is 0.253 e. The van der Waals surface area contributed by atoms with Crippen LogP contribution in [0.1, 0.15) is 71.3 Å². The van der Waals surface area contributed by atoms with Crippen molar-refractivity contribution in [2.45, 2.75) is 126 Å². The van der Waals surface area contributed by atoms with Crippen LogP contribution in [0.2, 0.25) is 0 Å². The summed E-state index contributed by atoms with van der Waals surface area (Å²) in [5.74, 6) is -12.0. The summed E-state index contributed by atoms with van der Waals surface area (Å²) in [5, 5.41) is 65.1. The summed E-state index contributed by atoms with van der Waals surface area (Å²) in [6.45, 7) is 4.76. The summed E-state index contributed by atoms with van der Waals surface area (Å²) in [7, 11) is 0. The maximum atomic E-state index is 14.9. The number of nitrogens with one attached hydrogen (secondary N) is 9. The van der Waals surface area contributed by atoms with Gasteiger partial charge in [0.25, 0.3) is 11.8 Å². The van der Waals surface area contributed by atoms with Crippen LogP contribution >= 0.6 is 11.8 Å². The lowest BCUT2D eigenvalue weighted by Gasteiger charge is -2.36. The van der Waals surface area contributed by atoms with Crippen LogP contribution in [0.4, 0.5) is 5.69 Å². The molecule has 2 saturated heterocycles. The van der Waals surface area contributed by atoms with Crippen molar-refractivity contribution in [2.24, 2.45) is 17.6 Å². The number of primary amides is 1. The number of aliphatic hydroxyl groups is 3. The second kappa shape index (κ2) is 30.0. The van der Waals surface area contributed by atoms with Crippen LogP contribution in [0.15, 0.2) is 29.3 Å². The molecule has 0 unspecified atom stereocenters. The molecule has 2 bridgehead atoms. The quantitative estimate of drug-likeness (QED) is 0.0520. The third-order valence-corrected chi connectivity index (χ3v) is 17.3. The number of carbonyl (C=O) groups is 12. The number of aromatic nitrogens is 1. The number of hydrogen-bond acceptors (Lipinski definition) is 19. The summed E-state index contributed by atoms with van der Waals surface area (Å²) in [5.41, 5.74) is 6.58. The average Bonchev–Trinajstić information content (AvgIpc) is 1.66. The van der Waals surface area contributed by atoms with Crippen LogP contribution < -0.4 is 53.2 Å². The molecule has 2 aromatic rings. The van der Waals surface area contributed by atoms with Gasteiger partial charge in [-0.3, -0.25) is 67.3 Å². The zero-order chi connectivity index (χ0) is 62.5. The highest BCUT2D eigenvalue weighted by Crippen LogP contribution is 2.41. The number of fused-ring (bicyclic) bond motifs is 5. The fraction of sp³-hybridized carbons (Fsp3) is 0.600. The van der Waals surface area contributed by atoms with Gasteiger partial charge in [0, 0.05) is 101 Å². The van der Waals surface area contributed by atoms with E-state index in [1.165, 1.54) is 25.1 Å². The zero-order valence-electron chi connectivity index (χ0n) is 48.2. The first-order valence-electron chi connectivity index (χ1n) is 28.9. The predicted molar refractivity (Wildman–Crippen MR) is 308 cm³/mol. The highest BCUT2D eigenvalue weighted by atomic mass is 32.2. The normalized spacial score (nSPS) is 25.5. The molecule has 31 heteroatoms. The van der Waals surface area contributed by atoms with E-state index in [0.29, 0.717) is 87.1 Å². The van der Waals surface area contributed by atoms with Gasteiger partial charge in [-0.05, 0) is 36.5 Å². The molecule has 10 atom stereocenters. The maximum absolute atomic E-state index is 14.9. The molecule has 0 radical (unpaired) electrons. The summed E-state index contributed by atoms with van der Waals surface area (Å²) in [4.78, 5) is 173. The predicted octanol–water partition coefficient (Wildman–Crippen LogP) is -5.21. The minimum atomic E-state index is -1.80. The van der Waals surface area contributed by atoms with Gasteiger partial charge < -0.3 is 83.5 Å². The lowest BCUT2D eigenvalue weighted by molar-refractivity contribution is -0.144. The van der Waals surface area contributed by atoms with E-state index >= 15 is 0 Å². The second-order valence-corrected chi connectivity index (χ2v) is 23.3. The van der Waals surface area contributed by atoms with Crippen LogP contribution in [-0.4, -0.2) is 237 Å². The molecule has 0 spiro atoms. The van der Waals surface area contributed by atoms with Gasteiger partial charge in [-0.2, -0.15) is 0 Å². The van der Waals surface area contributed by atoms with Gasteiger partial charge in [0.1, 0.15) is 47.7 Å². The van der Waals surface area contributed by atoms with Crippen molar-refractivity contribution in [2.75, 3.05) is 82.7 Å². The molecule has 86 heavy (non-hydrogen) atoms. The number of aliphatic hydroxyl groups excluding tert-OH is 3. The van der Waals surface area contributed by atoms with Crippen molar-refractivity contribution >= 4 is 99.2 Å². The van der Waals surface area contributed by atoms with Crippen LogP contribution in [0, 0.1) is 11.8 Å². The average molecular weight is 1220 g/mol. The number of hydrogen-bond donors (Lipinski definition) is 14. The number of H-pyrrole nitrogens is 1. The number of phenols is 1. The molecule has 0 saturated carbocycles. The number of rotatable bonds is 17. The minimum absolute atomic E-state index is 0.144. The third kappa shape index (κ3) is 16.6. The standard InChI is InChI=1S/C55H78N14O16S/c1-4-28(2)45-52(83)59-23-41(76)60-35-27-86-54-32(31-9-10-37(72)48(47(31)65-54)67-18-16-66(17-19-67)15-13-57-40(75)8-6-5-7-14-68-43(78)11-12-44(68)79)21-33(49(80)58-24-42(77)63-45)61-53(84)46(29(3)38(73)26-70)64-51(82)36-20-30(71)25-69(36)55(85)34(22-39(56)74)62-50(35)81/h9-12,28-30,33-36,38,45-46,65,70-73H,4-8,13-27H2,1-3H3,(H2,56,74)(H,57,75)(H,58,80)(H,59,83)(H,60,76)(H,61,84)(H,62,81)(H,63,77)(H,64,82)/t28-,29-,30+,33+,34-,35-,36-,38-,45-,46-/m0/s1. The topological polar surface area (TPSA) is 437 Å². The molecule has 30 nitrogen and oxygen atoms in total. The molecule has 5 aliphatic heterocycles. The van der Waals surface area contributed by atoms with Gasteiger partial charge in [0.2, 0.25) is 59.1 Å². The summed E-state index contributed by atoms with van der Waals surface area (Å²) >= 11 is 0.939. The van der Waals surface area contributed by atoms with E-state index in [-0.39, 0.29) is 47.2 Å². The molecule has 5 aliphatic rings. The van der Waals surface area contributed by atoms with E-state index in [9.17, 15) is 78.0 Å². The van der Waals surface area contributed by atoms with Gasteiger partial charge in [0.05, 0.1) is 48.9 Å². The molecular formula is C55H78N14O16S. The second-order valence-electron chi connectivity index (χ2n) is 22.2. The number of nitrogens with zero attached hydrogens (tertiary/aromatic N) is 4. The largest absolute Gasteiger partial charge is 0.506 e. The number of piperazine rings is 1. The first-order valence-corrected chi connectivity index (χ1v) is 29.8. The Morgan fingerprint density at radius 3 is 2.15 bits per heavy atom. The summed E-state index contributed by atoms with van der Waals surface area (Å²) in [6.07, 6.45) is 0.242. The number of unbranched alkanes of at least 4 members (excludes halogenated alkanes) is 2. The molecule has 0 aliphatic carbocycles. The Hall–Kier alpha value is -7.87. The molecule has 15 N–H and O–H groups in total. The number of amides is 12. The first-order chi connectivity index (χ1) is 41.0. The molecule has 6 heterocycles. The molecule has 1 aromatic heterocycles. The van der Waals surface area contributed by atoms with E-state index in [4.69, 9.17) is 5.73 Å². The van der Waals surface area contributed by atoms with E-state index in [0.717, 1.165) is 21.6 Å². The fourth-order valence-corrected chi connectivity index (χ4v) is 12.1. The Balaban J connectivity index is 1.23. The fourth-order valence-electron chi connectivity index (χ4n) is 11.0. The van der Waals surface area contributed by atoms with Crippen LogP contribution in [0.5, 0.6) is 5.75 Å². The summed E-state index contributed by atoms with van der Waals surface area (Å²) < 4.78 is 0. The van der Waals surface area contributed by atoms with Crippen LogP contribution in [0.3, 0.4) is 0 Å². The zero-order valence-corrected chi connectivity index (χ0v) is 49.0. The number of aromatic amines is 1. The highest BCUT2D eigenvalue weighted by Gasteiger charge is 2.45. The SMILES string of the molecule is CC[C@H](C)[C@@H]1NC(=O)CNC(=O)[C@H]2Cc3c([nH]c4c(N5CCN(CCNC(=O)CCCCCN6C(=O)C=CC6=O)CC5)c(O)ccc34)SC[C@H](NC(=O)CNC1=O)C(=O)N[C@@H](CC(N)=O)C(=O)N1C[C@H](O)C[C@H]1C(=O)N[C@@H]([C@@H](C)[C@@H](O)CO)C(=O)N2. The Labute approximate surface area is 499 Å². The number of imide groups is 1. The molecule has 7 rings (SSSR count). The number of phenolic OH excluding ortho intramolecular Hbond substituents is 1. The number of anilines is 1. The van der Waals surface area contributed by atoms with Gasteiger partial charge >= 0.3 is 0 Å². The van der Waals surface area contributed by atoms with E-state index in [1.807, 2.05) is 4.90 Å². The Morgan fingerprint density at radius 2 is 1.48 bits per heavy atom. The lowest BCUT2D eigenvalue weighted by atomic mass is 9.93. The monoisotopic (exact) mass is 1220 g/mol. The van der Waals surface area contributed by atoms with E-state index in [1.54, 1.807) is 19.9 Å². The number of aromatic hydroxyl groups is 1. The Kier molecular flexibility index (Phi) is 22.9. The van der Waals surface area contributed by atoms with Crippen molar-refractivity contribution in [1.29, 1.82) is 0 Å². The van der Waals surface area contributed by atoms with Gasteiger partial charge in [-0.15, -0.1) is 11.8 Å². The Bertz CT molecular complexity index is 2930. The van der Waals surface area contributed by atoms with Crippen LogP contribution in [0.25, 0.3) is 10.9 Å². The molecule has 470 valence electrons. The van der Waals surface area contributed by atoms with Crippen molar-refractivity contribution in [3.05, 3.63) is 29.8 Å². The molecular weight excluding hydrogens is 1140 g/mol. The number of benzene rings is 1. The molecule has 1 aromatic carbocycles. The van der Waals surface area contributed by atoms with Gasteiger partial charge in [0.15, 0.2) is 0 Å². The van der Waals surface area contributed by atoms with Crippen molar-refractivity contribution in [1.82, 2.24) is 62.2 Å². The maximum Gasteiger partial charge on any atom is 0.253 e. The van der Waals surface area contributed by atoms with Crippen LogP contribution in [-0.2, 0) is 64.0 Å².